The summed E-state index contributed by atoms with van der Waals surface area (Å²) in [6, 6.07) is 3.04. The number of nitrogen functional groups attached to an aromatic ring is 1. The number of rotatable bonds is 6. The average Bonchev–Trinajstić information content (AvgIpc) is 2.42. The van der Waals surface area contributed by atoms with Gasteiger partial charge < -0.3 is 21.8 Å². The van der Waals surface area contributed by atoms with Crippen molar-refractivity contribution in [1.82, 2.24) is 10.6 Å². The molecular formula is C10H14N6O4. The predicted molar refractivity (Wildman–Crippen MR) is 70.8 cm³/mol. The lowest BCUT2D eigenvalue weighted by atomic mass is 10.1. The SMILES string of the molecule is NNc1cc(C(=O)NCCNC(N)=O)ccc1[N+](=O)[O-]. The van der Waals surface area contributed by atoms with Crippen LogP contribution in [-0.2, 0) is 0 Å². The summed E-state index contributed by atoms with van der Waals surface area (Å²) in [6.45, 7) is 0.347. The molecule has 0 spiro atoms. The van der Waals surface area contributed by atoms with E-state index in [9.17, 15) is 19.7 Å². The molecule has 0 aliphatic carbocycles. The van der Waals surface area contributed by atoms with Crippen LogP contribution in [0.15, 0.2) is 18.2 Å². The van der Waals surface area contributed by atoms with E-state index in [1.165, 1.54) is 18.2 Å². The summed E-state index contributed by atoms with van der Waals surface area (Å²) >= 11 is 0. The molecule has 0 saturated heterocycles. The van der Waals surface area contributed by atoms with Crippen molar-refractivity contribution in [3.63, 3.8) is 0 Å². The summed E-state index contributed by atoms with van der Waals surface area (Å²) in [5, 5.41) is 15.5. The lowest BCUT2D eigenvalue weighted by Gasteiger charge is -2.07. The molecule has 0 aliphatic heterocycles. The zero-order valence-corrected chi connectivity index (χ0v) is 10.4. The number of primary amides is 1. The van der Waals surface area contributed by atoms with Gasteiger partial charge in [-0.05, 0) is 12.1 Å². The van der Waals surface area contributed by atoms with E-state index in [1.54, 1.807) is 0 Å². The van der Waals surface area contributed by atoms with Crippen molar-refractivity contribution in [2.24, 2.45) is 11.6 Å². The minimum absolute atomic E-state index is 0.0258. The highest BCUT2D eigenvalue weighted by atomic mass is 16.6. The normalized spacial score (nSPS) is 9.65. The van der Waals surface area contributed by atoms with Gasteiger partial charge in [-0.2, -0.15) is 0 Å². The van der Waals surface area contributed by atoms with Crippen LogP contribution in [0.3, 0.4) is 0 Å². The van der Waals surface area contributed by atoms with Crippen molar-refractivity contribution < 1.29 is 14.5 Å². The van der Waals surface area contributed by atoms with E-state index in [0.29, 0.717) is 0 Å². The summed E-state index contributed by atoms with van der Waals surface area (Å²) < 4.78 is 0. The first-order valence-corrected chi connectivity index (χ1v) is 5.52. The van der Waals surface area contributed by atoms with Gasteiger partial charge in [-0.3, -0.25) is 20.8 Å². The lowest BCUT2D eigenvalue weighted by Crippen LogP contribution is -2.37. The number of amides is 3. The Bertz CT molecular complexity index is 532. The van der Waals surface area contributed by atoms with Crippen LogP contribution in [0, 0.1) is 10.1 Å². The molecule has 3 amide bonds. The summed E-state index contributed by atoms with van der Waals surface area (Å²) in [4.78, 5) is 32.2. The summed E-state index contributed by atoms with van der Waals surface area (Å²) in [7, 11) is 0. The number of anilines is 1. The van der Waals surface area contributed by atoms with Crippen LogP contribution in [0.5, 0.6) is 0 Å². The first kappa shape index (κ1) is 15.2. The predicted octanol–water partition coefficient (Wildman–Crippen LogP) is -0.721. The third-order valence-electron chi connectivity index (χ3n) is 2.32. The molecule has 1 rings (SSSR count). The molecule has 0 unspecified atom stereocenters. The van der Waals surface area contributed by atoms with Crippen molar-refractivity contribution in [2.45, 2.75) is 0 Å². The van der Waals surface area contributed by atoms with Gasteiger partial charge in [-0.1, -0.05) is 0 Å². The Morgan fingerprint density at radius 2 is 1.90 bits per heavy atom. The lowest BCUT2D eigenvalue weighted by molar-refractivity contribution is -0.384. The van der Waals surface area contributed by atoms with Gasteiger partial charge >= 0.3 is 6.03 Å². The average molecular weight is 282 g/mol. The fourth-order valence-electron chi connectivity index (χ4n) is 1.42. The molecular weight excluding hydrogens is 268 g/mol. The van der Waals surface area contributed by atoms with E-state index in [1.807, 2.05) is 0 Å². The highest BCUT2D eigenvalue weighted by Gasteiger charge is 2.15. The van der Waals surface area contributed by atoms with E-state index < -0.39 is 16.9 Å². The first-order valence-electron chi connectivity index (χ1n) is 5.52. The molecule has 0 aromatic heterocycles. The fraction of sp³-hybridized carbons (Fsp3) is 0.200. The maximum absolute atomic E-state index is 11.7. The van der Waals surface area contributed by atoms with Gasteiger partial charge in [0.05, 0.1) is 4.92 Å². The zero-order valence-electron chi connectivity index (χ0n) is 10.4. The van der Waals surface area contributed by atoms with Crippen LogP contribution in [0.25, 0.3) is 0 Å². The van der Waals surface area contributed by atoms with Crippen molar-refractivity contribution in [3.05, 3.63) is 33.9 Å². The molecule has 1 aromatic carbocycles. The molecule has 0 bridgehead atoms. The molecule has 108 valence electrons. The number of hydrazine groups is 1. The molecule has 0 saturated carbocycles. The second kappa shape index (κ2) is 6.89. The van der Waals surface area contributed by atoms with Gasteiger partial charge in [-0.15, -0.1) is 0 Å². The number of nitro groups is 1. The van der Waals surface area contributed by atoms with Crippen molar-refractivity contribution >= 4 is 23.3 Å². The molecule has 0 radical (unpaired) electrons. The number of urea groups is 1. The maximum Gasteiger partial charge on any atom is 0.312 e. The monoisotopic (exact) mass is 282 g/mol. The molecule has 20 heavy (non-hydrogen) atoms. The van der Waals surface area contributed by atoms with E-state index in [0.717, 1.165) is 0 Å². The third-order valence-corrected chi connectivity index (χ3v) is 2.32. The number of carbonyl (C=O) groups excluding carboxylic acids is 2. The Hall–Kier alpha value is -2.88. The van der Waals surface area contributed by atoms with Gasteiger partial charge in [0, 0.05) is 24.7 Å². The molecule has 1 aromatic rings. The Kier molecular flexibility index (Phi) is 5.23. The second-order valence-corrected chi connectivity index (χ2v) is 3.68. The maximum atomic E-state index is 11.7. The number of benzene rings is 1. The molecule has 0 atom stereocenters. The Morgan fingerprint density at radius 3 is 2.45 bits per heavy atom. The summed E-state index contributed by atoms with van der Waals surface area (Å²) in [5.74, 6) is 4.71. The quantitative estimate of drug-likeness (QED) is 0.200. The van der Waals surface area contributed by atoms with E-state index >= 15 is 0 Å². The molecule has 10 heteroatoms. The second-order valence-electron chi connectivity index (χ2n) is 3.68. The fourth-order valence-corrected chi connectivity index (χ4v) is 1.42. The van der Waals surface area contributed by atoms with Crippen molar-refractivity contribution in [2.75, 3.05) is 18.5 Å². The molecule has 0 heterocycles. The van der Waals surface area contributed by atoms with Crippen LogP contribution in [-0.4, -0.2) is 30.0 Å². The highest BCUT2D eigenvalue weighted by Crippen LogP contribution is 2.24. The van der Waals surface area contributed by atoms with Crippen molar-refractivity contribution in [3.8, 4) is 0 Å². The minimum atomic E-state index is -0.691. The van der Waals surface area contributed by atoms with Crippen LogP contribution >= 0.6 is 0 Å². The van der Waals surface area contributed by atoms with Gasteiger partial charge in [0.15, 0.2) is 0 Å². The topological polar surface area (TPSA) is 165 Å². The Labute approximate surface area is 113 Å². The Morgan fingerprint density at radius 1 is 1.25 bits per heavy atom. The number of nitrogens with two attached hydrogens (primary N) is 2. The van der Waals surface area contributed by atoms with Crippen LogP contribution in [0.2, 0.25) is 0 Å². The van der Waals surface area contributed by atoms with E-state index in [-0.39, 0.29) is 30.0 Å². The van der Waals surface area contributed by atoms with Gasteiger partial charge in [-0.25, -0.2) is 4.79 Å². The Balaban J connectivity index is 2.69. The van der Waals surface area contributed by atoms with Crippen LogP contribution in [0.1, 0.15) is 10.4 Å². The van der Waals surface area contributed by atoms with Crippen LogP contribution in [0.4, 0.5) is 16.2 Å². The minimum Gasteiger partial charge on any atom is -0.352 e. The van der Waals surface area contributed by atoms with Gasteiger partial charge in [0.2, 0.25) is 0 Å². The third kappa shape index (κ3) is 4.10. The number of nitrogens with zero attached hydrogens (tertiary/aromatic N) is 1. The van der Waals surface area contributed by atoms with Gasteiger partial charge in [0.25, 0.3) is 11.6 Å². The number of hydrogen-bond donors (Lipinski definition) is 5. The smallest absolute Gasteiger partial charge is 0.312 e. The number of nitrogens with one attached hydrogen (secondary N) is 3. The first-order chi connectivity index (χ1) is 9.45. The molecule has 7 N–H and O–H groups in total. The van der Waals surface area contributed by atoms with E-state index in [2.05, 4.69) is 16.1 Å². The van der Waals surface area contributed by atoms with Gasteiger partial charge in [0.1, 0.15) is 5.69 Å². The molecule has 0 aliphatic rings. The largest absolute Gasteiger partial charge is 0.352 e. The molecule has 10 nitrogen and oxygen atoms in total. The number of hydrogen-bond acceptors (Lipinski definition) is 6. The summed E-state index contributed by atoms with van der Waals surface area (Å²) in [5.41, 5.74) is 7.00. The summed E-state index contributed by atoms with van der Waals surface area (Å²) in [6.07, 6.45) is 0. The van der Waals surface area contributed by atoms with Crippen molar-refractivity contribution in [1.29, 1.82) is 0 Å². The number of carbonyl (C=O) groups is 2. The van der Waals surface area contributed by atoms with E-state index in [4.69, 9.17) is 11.6 Å². The highest BCUT2D eigenvalue weighted by molar-refractivity contribution is 5.95. The van der Waals surface area contributed by atoms with Crippen LogP contribution < -0.4 is 27.6 Å². The standard InChI is InChI=1S/C10H14N6O4/c11-10(18)14-4-3-13-9(17)6-1-2-8(16(19)20)7(5-6)15-12/h1-2,5,15H,3-4,12H2,(H,13,17)(H3,11,14,18). The number of nitro benzene ring substituents is 1. The molecule has 0 fully saturated rings. The zero-order chi connectivity index (χ0) is 15.1.